The summed E-state index contributed by atoms with van der Waals surface area (Å²) in [6, 6.07) is 5.55. The zero-order valence-electron chi connectivity index (χ0n) is 12.5. The van der Waals surface area contributed by atoms with Crippen LogP contribution in [0.1, 0.15) is 18.6 Å². The Kier molecular flexibility index (Phi) is 3.94. The number of aromatic nitrogens is 3. The molecule has 2 aromatic heterocycles. The summed E-state index contributed by atoms with van der Waals surface area (Å²) < 4.78 is 1.62. The molecule has 0 fully saturated rings. The molecule has 0 aliphatic heterocycles. The number of aliphatic carboxylic acids is 1. The van der Waals surface area contributed by atoms with E-state index in [9.17, 15) is 9.90 Å². The first-order chi connectivity index (χ1) is 11.0. The Hall–Kier alpha value is -2.93. The van der Waals surface area contributed by atoms with Crippen LogP contribution in [0.3, 0.4) is 0 Å². The summed E-state index contributed by atoms with van der Waals surface area (Å²) in [5, 5.41) is 23.0. The second kappa shape index (κ2) is 6.05. The molecule has 1 aromatic carbocycles. The summed E-state index contributed by atoms with van der Waals surface area (Å²) in [5.41, 5.74) is 3.00. The second-order valence-corrected chi connectivity index (χ2v) is 5.27. The lowest BCUT2D eigenvalue weighted by atomic mass is 10.1. The largest absolute Gasteiger partial charge is 0.480 e. The normalized spacial score (nSPS) is 12.3. The van der Waals surface area contributed by atoms with Gasteiger partial charge in [-0.3, -0.25) is 4.79 Å². The molecular weight excluding hydrogens is 296 g/mol. The van der Waals surface area contributed by atoms with Crippen molar-refractivity contribution in [2.45, 2.75) is 19.6 Å². The van der Waals surface area contributed by atoms with E-state index in [0.29, 0.717) is 5.56 Å². The summed E-state index contributed by atoms with van der Waals surface area (Å²) in [6.45, 7) is 1.51. The molecule has 1 atom stereocenters. The first-order valence-electron chi connectivity index (χ1n) is 7.09. The van der Waals surface area contributed by atoms with Crippen molar-refractivity contribution in [3.8, 4) is 0 Å². The van der Waals surface area contributed by atoms with Gasteiger partial charge in [-0.2, -0.15) is 0 Å². The minimum atomic E-state index is -0.928. The number of benzene rings is 1. The molecule has 3 rings (SSSR count). The van der Waals surface area contributed by atoms with Crippen molar-refractivity contribution < 1.29 is 15.0 Å². The molecule has 0 aliphatic carbocycles. The van der Waals surface area contributed by atoms with Gasteiger partial charge in [-0.25, -0.2) is 9.97 Å². The maximum atomic E-state index is 11.0. The number of aliphatic hydroxyl groups is 1. The Labute approximate surface area is 132 Å². The number of fused-ring (bicyclic) bond motifs is 1. The van der Waals surface area contributed by atoms with Gasteiger partial charge in [0.15, 0.2) is 0 Å². The van der Waals surface area contributed by atoms with E-state index in [0.717, 1.165) is 22.3 Å². The van der Waals surface area contributed by atoms with Gasteiger partial charge in [0.25, 0.3) is 0 Å². The van der Waals surface area contributed by atoms with Crippen molar-refractivity contribution in [1.29, 1.82) is 0 Å². The molecule has 2 heterocycles. The second-order valence-electron chi connectivity index (χ2n) is 5.27. The molecular formula is C16H16N4O3. The number of carboxylic acids is 1. The predicted molar refractivity (Wildman–Crippen MR) is 85.5 cm³/mol. The fourth-order valence-electron chi connectivity index (χ4n) is 2.54. The third kappa shape index (κ3) is 3.14. The van der Waals surface area contributed by atoms with Crippen LogP contribution >= 0.6 is 0 Å². The van der Waals surface area contributed by atoms with Crippen LogP contribution in [0.4, 0.5) is 11.4 Å². The molecule has 1 unspecified atom stereocenters. The van der Waals surface area contributed by atoms with E-state index in [-0.39, 0.29) is 6.54 Å². The van der Waals surface area contributed by atoms with E-state index in [2.05, 4.69) is 15.3 Å². The van der Waals surface area contributed by atoms with Crippen molar-refractivity contribution in [3.63, 3.8) is 0 Å². The van der Waals surface area contributed by atoms with Crippen LogP contribution in [0.2, 0.25) is 0 Å². The van der Waals surface area contributed by atoms with E-state index in [4.69, 9.17) is 5.11 Å². The summed E-state index contributed by atoms with van der Waals surface area (Å²) in [4.78, 5) is 18.9. The van der Waals surface area contributed by atoms with Crippen molar-refractivity contribution in [3.05, 3.63) is 48.7 Å². The third-order valence-corrected chi connectivity index (χ3v) is 3.52. The number of nitrogens with one attached hydrogen (secondary N) is 1. The van der Waals surface area contributed by atoms with Gasteiger partial charge in [-0.05, 0) is 25.1 Å². The lowest BCUT2D eigenvalue weighted by Crippen LogP contribution is -2.07. The molecule has 0 spiro atoms. The van der Waals surface area contributed by atoms with Gasteiger partial charge in [0.1, 0.15) is 12.9 Å². The molecule has 0 saturated carbocycles. The number of hydrogen-bond donors (Lipinski definition) is 3. The fourth-order valence-corrected chi connectivity index (χ4v) is 2.54. The summed E-state index contributed by atoms with van der Waals surface area (Å²) >= 11 is 0. The van der Waals surface area contributed by atoms with Gasteiger partial charge >= 0.3 is 5.97 Å². The molecule has 0 radical (unpaired) electrons. The Bertz CT molecular complexity index is 843. The van der Waals surface area contributed by atoms with Gasteiger partial charge in [-0.1, -0.05) is 0 Å². The van der Waals surface area contributed by atoms with Crippen LogP contribution in [-0.4, -0.2) is 30.7 Å². The van der Waals surface area contributed by atoms with Gasteiger partial charge in [0.05, 0.1) is 24.2 Å². The molecule has 23 heavy (non-hydrogen) atoms. The van der Waals surface area contributed by atoms with Gasteiger partial charge in [0.2, 0.25) is 0 Å². The van der Waals surface area contributed by atoms with Crippen molar-refractivity contribution in [1.82, 2.24) is 14.5 Å². The van der Waals surface area contributed by atoms with Crippen molar-refractivity contribution >= 4 is 28.2 Å². The van der Waals surface area contributed by atoms with Crippen LogP contribution in [0.5, 0.6) is 0 Å². The Morgan fingerprint density at radius 3 is 2.70 bits per heavy atom. The number of nitrogens with zero attached hydrogens (tertiary/aromatic N) is 3. The number of rotatable bonds is 5. The van der Waals surface area contributed by atoms with Gasteiger partial charge in [-0.15, -0.1) is 0 Å². The average Bonchev–Trinajstić information content (AvgIpc) is 2.86. The SMILES string of the molecule is CC(O)c1cn(CC(=O)O)c2ccc(Nc3cncnc3)cc12. The fraction of sp³-hybridized carbons (Fsp3) is 0.188. The topological polar surface area (TPSA) is 100 Å². The first-order valence-corrected chi connectivity index (χ1v) is 7.09. The first kappa shape index (κ1) is 15.0. The van der Waals surface area contributed by atoms with Crippen molar-refractivity contribution in [2.24, 2.45) is 0 Å². The van der Waals surface area contributed by atoms with Crippen LogP contribution in [-0.2, 0) is 11.3 Å². The Morgan fingerprint density at radius 1 is 1.30 bits per heavy atom. The van der Waals surface area contributed by atoms with E-state index < -0.39 is 12.1 Å². The highest BCUT2D eigenvalue weighted by atomic mass is 16.4. The van der Waals surface area contributed by atoms with Crippen LogP contribution in [0, 0.1) is 0 Å². The molecule has 0 aliphatic rings. The van der Waals surface area contributed by atoms with Crippen LogP contribution in [0.25, 0.3) is 10.9 Å². The van der Waals surface area contributed by atoms with Crippen molar-refractivity contribution in [2.75, 3.05) is 5.32 Å². The van der Waals surface area contributed by atoms with E-state index in [1.807, 2.05) is 18.2 Å². The Balaban J connectivity index is 2.04. The predicted octanol–water partition coefficient (Wildman–Crippen LogP) is 2.31. The molecule has 7 nitrogen and oxygen atoms in total. The zero-order valence-corrected chi connectivity index (χ0v) is 12.5. The molecule has 7 heteroatoms. The molecule has 0 amide bonds. The maximum absolute atomic E-state index is 11.0. The van der Waals surface area contributed by atoms with E-state index >= 15 is 0 Å². The monoisotopic (exact) mass is 312 g/mol. The molecule has 118 valence electrons. The number of hydrogen-bond acceptors (Lipinski definition) is 5. The zero-order chi connectivity index (χ0) is 16.4. The summed E-state index contributed by atoms with van der Waals surface area (Å²) in [6.07, 6.45) is 5.75. The Morgan fingerprint density at radius 2 is 2.04 bits per heavy atom. The molecule has 3 aromatic rings. The highest BCUT2D eigenvalue weighted by Crippen LogP contribution is 2.30. The highest BCUT2D eigenvalue weighted by Gasteiger charge is 2.14. The molecule has 0 bridgehead atoms. The number of anilines is 2. The highest BCUT2D eigenvalue weighted by molar-refractivity contribution is 5.89. The quantitative estimate of drug-likeness (QED) is 0.668. The standard InChI is InChI=1S/C16H16N4O3/c1-10(21)14-7-20(8-16(22)23)15-3-2-11(4-13(14)15)19-12-5-17-9-18-6-12/h2-7,9-10,19,21H,8H2,1H3,(H,22,23). The number of carbonyl (C=O) groups is 1. The van der Waals surface area contributed by atoms with Gasteiger partial charge < -0.3 is 20.1 Å². The number of aliphatic hydroxyl groups excluding tert-OH is 1. The minimum absolute atomic E-state index is 0.150. The summed E-state index contributed by atoms with van der Waals surface area (Å²) in [7, 11) is 0. The average molecular weight is 312 g/mol. The van der Waals surface area contributed by atoms with Crippen LogP contribution < -0.4 is 5.32 Å². The van der Waals surface area contributed by atoms with E-state index in [1.165, 1.54) is 6.33 Å². The maximum Gasteiger partial charge on any atom is 0.323 e. The smallest absolute Gasteiger partial charge is 0.323 e. The minimum Gasteiger partial charge on any atom is -0.480 e. The molecule has 0 saturated heterocycles. The molecule has 3 N–H and O–H groups in total. The summed E-state index contributed by atoms with van der Waals surface area (Å²) in [5.74, 6) is -0.928. The number of carboxylic acid groups (broad SMARTS) is 1. The lowest BCUT2D eigenvalue weighted by Gasteiger charge is -2.07. The van der Waals surface area contributed by atoms with Gasteiger partial charge in [0, 0.05) is 28.4 Å². The van der Waals surface area contributed by atoms with Crippen LogP contribution in [0.15, 0.2) is 43.1 Å². The van der Waals surface area contributed by atoms with E-state index in [1.54, 1.807) is 30.1 Å². The lowest BCUT2D eigenvalue weighted by molar-refractivity contribution is -0.137. The third-order valence-electron chi connectivity index (χ3n) is 3.52.